The topological polar surface area (TPSA) is 93.0 Å². The lowest BCUT2D eigenvalue weighted by molar-refractivity contribution is -0.286. The molecule has 35 heavy (non-hydrogen) atoms. The molecule has 0 radical (unpaired) electrons. The number of ether oxygens (including phenoxy) is 2. The summed E-state index contributed by atoms with van der Waals surface area (Å²) < 4.78 is 37.9. The third-order valence-electron chi connectivity index (χ3n) is 7.46. The number of carbonyl (C=O) groups excluding carboxylic acids is 1. The average Bonchev–Trinajstić information content (AvgIpc) is 3.44. The summed E-state index contributed by atoms with van der Waals surface area (Å²) in [7, 11) is 0. The standard InChI is InChI=1S/C26H26F2N2O5.2H2/c27-26(28)34-22-7-4-17(12-23(22)35-26)25(8-9-25)24(33)29-18-5-6-20-16(10-18)11-21(15-2-1-3-15)30(20)13-19(32)14-31;;/h4-7,10-12,15,19,31-32H,1-3,8-9,13-14H2,(H,29,33);2*1H/t19-;;/m1../s1. The maximum Gasteiger partial charge on any atom is 0.586 e. The molecule has 3 aromatic rings. The van der Waals surface area contributed by atoms with Gasteiger partial charge in [-0.1, -0.05) is 12.5 Å². The Labute approximate surface area is 203 Å². The third kappa shape index (κ3) is 3.83. The first-order valence-electron chi connectivity index (χ1n) is 11.9. The molecule has 6 rings (SSSR count). The molecule has 1 aromatic heterocycles. The fraction of sp³-hybridized carbons (Fsp3) is 0.423. The van der Waals surface area contributed by atoms with Gasteiger partial charge in [-0.25, -0.2) is 0 Å². The minimum absolute atomic E-state index is 0. The van der Waals surface area contributed by atoms with Crippen LogP contribution in [0.2, 0.25) is 0 Å². The van der Waals surface area contributed by atoms with Gasteiger partial charge in [0.15, 0.2) is 11.5 Å². The van der Waals surface area contributed by atoms with Crippen molar-refractivity contribution >= 4 is 22.5 Å². The number of benzene rings is 2. The normalized spacial score (nSPS) is 20.5. The first-order valence-corrected chi connectivity index (χ1v) is 11.9. The number of alkyl halides is 2. The number of aromatic nitrogens is 1. The van der Waals surface area contributed by atoms with Gasteiger partial charge < -0.3 is 29.6 Å². The van der Waals surface area contributed by atoms with E-state index in [1.807, 2.05) is 18.2 Å². The van der Waals surface area contributed by atoms with Crippen LogP contribution in [0.3, 0.4) is 0 Å². The lowest BCUT2D eigenvalue weighted by atomic mass is 9.83. The van der Waals surface area contributed by atoms with Crippen LogP contribution in [0.4, 0.5) is 14.5 Å². The highest BCUT2D eigenvalue weighted by molar-refractivity contribution is 6.02. The highest BCUT2D eigenvalue weighted by Gasteiger charge is 2.52. The molecular weight excluding hydrogens is 458 g/mol. The van der Waals surface area contributed by atoms with Gasteiger partial charge in [0.2, 0.25) is 5.91 Å². The summed E-state index contributed by atoms with van der Waals surface area (Å²) in [5.41, 5.74) is 2.54. The van der Waals surface area contributed by atoms with Crippen LogP contribution in [0, 0.1) is 0 Å². The molecule has 0 saturated heterocycles. The van der Waals surface area contributed by atoms with Crippen LogP contribution in [0.15, 0.2) is 42.5 Å². The minimum Gasteiger partial charge on any atom is -0.395 e. The zero-order valence-corrected chi connectivity index (χ0v) is 19.0. The van der Waals surface area contributed by atoms with Crippen molar-refractivity contribution in [3.8, 4) is 11.5 Å². The number of aliphatic hydroxyl groups is 2. The quantitative estimate of drug-likeness (QED) is 0.447. The Bertz CT molecular complexity index is 1320. The molecular formula is C26H30F2N2O5. The third-order valence-corrected chi connectivity index (χ3v) is 7.46. The molecule has 0 unspecified atom stereocenters. The summed E-state index contributed by atoms with van der Waals surface area (Å²) in [6, 6.07) is 12.3. The number of amides is 1. The van der Waals surface area contributed by atoms with E-state index in [9.17, 15) is 23.8 Å². The van der Waals surface area contributed by atoms with Crippen LogP contribution in [-0.2, 0) is 16.8 Å². The predicted octanol–water partition coefficient (Wildman–Crippen LogP) is 4.75. The van der Waals surface area contributed by atoms with Crippen LogP contribution >= 0.6 is 0 Å². The predicted molar refractivity (Wildman–Crippen MR) is 128 cm³/mol. The van der Waals surface area contributed by atoms with Crippen LogP contribution in [0.5, 0.6) is 11.5 Å². The van der Waals surface area contributed by atoms with Crippen LogP contribution < -0.4 is 14.8 Å². The number of nitrogens with one attached hydrogen (secondary N) is 1. The minimum atomic E-state index is -3.70. The monoisotopic (exact) mass is 488 g/mol. The Morgan fingerprint density at radius 1 is 1.14 bits per heavy atom. The molecule has 9 heteroatoms. The number of carbonyl (C=O) groups is 1. The van der Waals surface area contributed by atoms with Gasteiger partial charge in [-0.05, 0) is 73.6 Å². The van der Waals surface area contributed by atoms with Crippen molar-refractivity contribution in [2.75, 3.05) is 11.9 Å². The summed E-state index contributed by atoms with van der Waals surface area (Å²) in [6.07, 6.45) is 0.0437. The van der Waals surface area contributed by atoms with Crippen molar-refractivity contribution in [3.63, 3.8) is 0 Å². The van der Waals surface area contributed by atoms with Gasteiger partial charge in [0, 0.05) is 25.1 Å². The van der Waals surface area contributed by atoms with Crippen molar-refractivity contribution in [2.45, 2.75) is 62.4 Å². The Kier molecular flexibility index (Phi) is 5.05. The molecule has 1 amide bonds. The molecule has 0 bridgehead atoms. The fourth-order valence-corrected chi connectivity index (χ4v) is 5.15. The summed E-state index contributed by atoms with van der Waals surface area (Å²) in [4.78, 5) is 13.3. The molecule has 188 valence electrons. The summed E-state index contributed by atoms with van der Waals surface area (Å²) in [5.74, 6) is 0.123. The number of nitrogens with zero attached hydrogens (tertiary/aromatic N) is 1. The van der Waals surface area contributed by atoms with Gasteiger partial charge in [0.05, 0.1) is 24.7 Å². The van der Waals surface area contributed by atoms with E-state index in [4.69, 9.17) is 0 Å². The van der Waals surface area contributed by atoms with E-state index in [1.54, 1.807) is 6.07 Å². The number of hydrogen-bond donors (Lipinski definition) is 3. The van der Waals surface area contributed by atoms with Gasteiger partial charge >= 0.3 is 6.29 Å². The largest absolute Gasteiger partial charge is 0.586 e. The smallest absolute Gasteiger partial charge is 0.395 e. The molecule has 3 aliphatic rings. The fourth-order valence-electron chi connectivity index (χ4n) is 5.15. The number of halogens is 2. The zero-order chi connectivity index (χ0) is 24.4. The van der Waals surface area contributed by atoms with E-state index in [1.165, 1.54) is 18.6 Å². The molecule has 2 aliphatic carbocycles. The molecule has 2 saturated carbocycles. The number of aliphatic hydroxyl groups excluding tert-OH is 2. The summed E-state index contributed by atoms with van der Waals surface area (Å²) >= 11 is 0. The second kappa shape index (κ2) is 7.93. The maximum absolute atomic E-state index is 13.4. The lowest BCUT2D eigenvalue weighted by Gasteiger charge is -2.27. The van der Waals surface area contributed by atoms with E-state index in [0.29, 0.717) is 36.6 Å². The van der Waals surface area contributed by atoms with Gasteiger partial charge in [-0.15, -0.1) is 8.78 Å². The van der Waals surface area contributed by atoms with Crippen LogP contribution in [0.25, 0.3) is 10.9 Å². The van der Waals surface area contributed by atoms with Crippen molar-refractivity contribution < 1.29 is 36.1 Å². The molecule has 1 aliphatic heterocycles. The van der Waals surface area contributed by atoms with E-state index in [2.05, 4.69) is 25.4 Å². The Balaban J connectivity index is 0.00000160. The highest BCUT2D eigenvalue weighted by Crippen LogP contribution is 2.52. The second-order valence-corrected chi connectivity index (χ2v) is 9.78. The molecule has 2 aromatic carbocycles. The Morgan fingerprint density at radius 2 is 1.91 bits per heavy atom. The van der Waals surface area contributed by atoms with E-state index < -0.39 is 17.8 Å². The SMILES string of the molecule is O=C(Nc1ccc2c(c1)cc(C1CCC1)n2C[C@@H](O)CO)C1(c2ccc3c(c2)OC(F)(F)O3)CC1.[HH].[HH]. The van der Waals surface area contributed by atoms with Gasteiger partial charge in [-0.3, -0.25) is 4.79 Å². The molecule has 1 atom stereocenters. The molecule has 0 spiro atoms. The van der Waals surface area contributed by atoms with Crippen LogP contribution in [-0.4, -0.2) is 39.7 Å². The first-order chi connectivity index (χ1) is 16.8. The number of anilines is 1. The molecule has 7 nitrogen and oxygen atoms in total. The zero-order valence-electron chi connectivity index (χ0n) is 19.0. The summed E-state index contributed by atoms with van der Waals surface area (Å²) in [6.45, 7) is 0.00130. The van der Waals surface area contributed by atoms with Crippen molar-refractivity contribution in [1.29, 1.82) is 0 Å². The Morgan fingerprint density at radius 3 is 2.60 bits per heavy atom. The van der Waals surface area contributed by atoms with Gasteiger partial charge in [0.25, 0.3) is 0 Å². The van der Waals surface area contributed by atoms with Gasteiger partial charge in [0.1, 0.15) is 0 Å². The first kappa shape index (κ1) is 22.3. The van der Waals surface area contributed by atoms with E-state index in [0.717, 1.165) is 29.4 Å². The van der Waals surface area contributed by atoms with Crippen molar-refractivity contribution in [1.82, 2.24) is 4.57 Å². The molecule has 2 fully saturated rings. The van der Waals surface area contributed by atoms with Gasteiger partial charge in [-0.2, -0.15) is 0 Å². The van der Waals surface area contributed by atoms with Crippen LogP contribution in [0.1, 0.15) is 52.1 Å². The maximum atomic E-state index is 13.4. The number of rotatable bonds is 7. The van der Waals surface area contributed by atoms with E-state index in [-0.39, 0.29) is 26.9 Å². The Hall–Kier alpha value is -3.17. The highest BCUT2D eigenvalue weighted by atomic mass is 19.3. The second-order valence-electron chi connectivity index (χ2n) is 9.78. The number of fused-ring (bicyclic) bond motifs is 2. The molecule has 2 heterocycles. The lowest BCUT2D eigenvalue weighted by Crippen LogP contribution is -2.28. The number of hydrogen-bond acceptors (Lipinski definition) is 5. The average molecular weight is 489 g/mol. The molecule has 3 N–H and O–H groups in total. The van der Waals surface area contributed by atoms with Crippen molar-refractivity contribution in [3.05, 3.63) is 53.7 Å². The van der Waals surface area contributed by atoms with Crippen molar-refractivity contribution in [2.24, 2.45) is 0 Å². The summed E-state index contributed by atoms with van der Waals surface area (Å²) in [5, 5.41) is 23.4. The van der Waals surface area contributed by atoms with E-state index >= 15 is 0 Å².